The number of esters is 1. The van der Waals surface area contributed by atoms with E-state index < -0.39 is 16.0 Å². The van der Waals surface area contributed by atoms with E-state index in [9.17, 15) is 13.2 Å². The van der Waals surface area contributed by atoms with Crippen molar-refractivity contribution in [1.82, 2.24) is 14.2 Å². The first-order valence-electron chi connectivity index (χ1n) is 10.1. The Hall–Kier alpha value is -2.07. The van der Waals surface area contributed by atoms with E-state index in [0.29, 0.717) is 18.8 Å². The highest BCUT2D eigenvalue weighted by Gasteiger charge is 2.25. The van der Waals surface area contributed by atoms with Gasteiger partial charge in [0.2, 0.25) is 10.0 Å². The minimum Gasteiger partial charge on any atom is -0.464 e. The van der Waals surface area contributed by atoms with E-state index in [1.165, 1.54) is 23.3 Å². The van der Waals surface area contributed by atoms with E-state index in [1.54, 1.807) is 14.0 Å². The number of nitrogens with zero attached hydrogens (tertiary/aromatic N) is 3. The van der Waals surface area contributed by atoms with Crippen molar-refractivity contribution in [3.63, 3.8) is 0 Å². The van der Waals surface area contributed by atoms with E-state index in [0.717, 1.165) is 36.9 Å². The van der Waals surface area contributed by atoms with Crippen LogP contribution in [0.1, 0.15) is 21.7 Å². The van der Waals surface area contributed by atoms with Gasteiger partial charge in [-0.2, -0.15) is 0 Å². The van der Waals surface area contributed by atoms with Crippen molar-refractivity contribution in [2.24, 2.45) is 7.05 Å². The van der Waals surface area contributed by atoms with E-state index >= 15 is 0 Å². The van der Waals surface area contributed by atoms with Crippen molar-refractivity contribution >= 4 is 33.3 Å². The average molecular weight is 469 g/mol. The lowest BCUT2D eigenvalue weighted by molar-refractivity contribution is 0.0589. The Kier molecular flexibility index (Phi) is 7.31. The van der Waals surface area contributed by atoms with Crippen LogP contribution in [-0.4, -0.2) is 70.2 Å². The molecular formula is C21H29ClN4O4S. The lowest BCUT2D eigenvalue weighted by atomic mass is 10.1. The highest BCUT2D eigenvalue weighted by Crippen LogP contribution is 2.25. The summed E-state index contributed by atoms with van der Waals surface area (Å²) < 4.78 is 34.4. The fourth-order valence-electron chi connectivity index (χ4n) is 3.80. The summed E-state index contributed by atoms with van der Waals surface area (Å²) in [5.41, 5.74) is 3.02. The smallest absolute Gasteiger partial charge is 0.354 e. The largest absolute Gasteiger partial charge is 0.464 e. The Balaban J connectivity index is 1.55. The van der Waals surface area contributed by atoms with Crippen LogP contribution in [0.3, 0.4) is 0 Å². The Labute approximate surface area is 188 Å². The predicted octanol–water partition coefficient (Wildman–Crippen LogP) is 2.18. The molecule has 1 aromatic carbocycles. The zero-order chi connectivity index (χ0) is 22.8. The number of methoxy groups -OCH3 is 1. The Morgan fingerprint density at radius 1 is 1.16 bits per heavy atom. The zero-order valence-corrected chi connectivity index (χ0v) is 19.9. The molecule has 0 unspecified atom stereocenters. The van der Waals surface area contributed by atoms with Gasteiger partial charge in [-0.1, -0.05) is 17.7 Å². The molecule has 31 heavy (non-hydrogen) atoms. The average Bonchev–Trinajstić information content (AvgIpc) is 3.05. The Morgan fingerprint density at radius 3 is 2.48 bits per heavy atom. The van der Waals surface area contributed by atoms with Gasteiger partial charge in [-0.05, 0) is 37.6 Å². The predicted molar refractivity (Wildman–Crippen MR) is 122 cm³/mol. The standard InChI is InChI=1S/C21H29ClN4O4S/c1-15-5-6-17(22)13-18(15)26-11-9-25(10-12-26)8-7-23-31(28,29)20-14-19(21(27)30-4)24(3)16(20)2/h5-6,13-14,23H,7-12H2,1-4H3. The summed E-state index contributed by atoms with van der Waals surface area (Å²) in [6.45, 7) is 8.03. The third kappa shape index (κ3) is 5.23. The van der Waals surface area contributed by atoms with Gasteiger partial charge in [0.25, 0.3) is 0 Å². The lowest BCUT2D eigenvalue weighted by Crippen LogP contribution is -2.48. The van der Waals surface area contributed by atoms with Crippen molar-refractivity contribution in [1.29, 1.82) is 0 Å². The SMILES string of the molecule is COC(=O)c1cc(S(=O)(=O)NCCN2CCN(c3cc(Cl)ccc3C)CC2)c(C)n1C. The Morgan fingerprint density at radius 2 is 1.84 bits per heavy atom. The van der Waals surface area contributed by atoms with Gasteiger partial charge in [-0.25, -0.2) is 17.9 Å². The first-order chi connectivity index (χ1) is 14.6. The number of benzene rings is 1. The Bertz CT molecular complexity index is 1060. The van der Waals surface area contributed by atoms with Gasteiger partial charge in [0.1, 0.15) is 10.6 Å². The van der Waals surface area contributed by atoms with Crippen LogP contribution in [0.5, 0.6) is 0 Å². The maximum atomic E-state index is 12.8. The van der Waals surface area contributed by atoms with Crippen LogP contribution in [0.25, 0.3) is 0 Å². The van der Waals surface area contributed by atoms with E-state index in [1.807, 2.05) is 18.2 Å². The topological polar surface area (TPSA) is 83.9 Å². The number of halogens is 1. The minimum atomic E-state index is -3.73. The van der Waals surface area contributed by atoms with Crippen molar-refractivity contribution in [2.45, 2.75) is 18.7 Å². The molecule has 8 nitrogen and oxygen atoms in total. The number of rotatable bonds is 7. The number of hydrogen-bond donors (Lipinski definition) is 1. The summed E-state index contributed by atoms with van der Waals surface area (Å²) in [6, 6.07) is 7.27. The van der Waals surface area contributed by atoms with Crippen molar-refractivity contribution in [2.75, 3.05) is 51.3 Å². The van der Waals surface area contributed by atoms with Crippen LogP contribution in [0, 0.1) is 13.8 Å². The van der Waals surface area contributed by atoms with E-state index in [-0.39, 0.29) is 10.6 Å². The van der Waals surface area contributed by atoms with Crippen LogP contribution in [0.15, 0.2) is 29.2 Å². The summed E-state index contributed by atoms with van der Waals surface area (Å²) in [4.78, 5) is 16.5. The molecule has 0 amide bonds. The number of sulfonamides is 1. The van der Waals surface area contributed by atoms with Crippen molar-refractivity contribution in [3.8, 4) is 0 Å². The normalized spacial score (nSPS) is 15.3. The quantitative estimate of drug-likeness (QED) is 0.627. The number of hydrogen-bond acceptors (Lipinski definition) is 6. The molecule has 0 saturated carbocycles. The summed E-state index contributed by atoms with van der Waals surface area (Å²) in [7, 11) is -0.821. The second kappa shape index (κ2) is 9.60. The third-order valence-corrected chi connectivity index (χ3v) is 7.59. The molecule has 1 fully saturated rings. The molecule has 1 saturated heterocycles. The third-order valence-electron chi connectivity index (χ3n) is 5.78. The first-order valence-corrected chi connectivity index (χ1v) is 12.0. The molecule has 0 bridgehead atoms. The summed E-state index contributed by atoms with van der Waals surface area (Å²) in [6.07, 6.45) is 0. The number of aryl methyl sites for hydroxylation is 1. The van der Waals surface area contributed by atoms with Gasteiger partial charge in [0, 0.05) is 62.7 Å². The molecule has 10 heteroatoms. The summed E-state index contributed by atoms with van der Waals surface area (Å²) in [5, 5.41) is 0.726. The molecule has 0 radical (unpaired) electrons. The fourth-order valence-corrected chi connectivity index (χ4v) is 5.27. The number of carbonyl (C=O) groups is 1. The molecule has 2 heterocycles. The van der Waals surface area contributed by atoms with Gasteiger partial charge < -0.3 is 14.2 Å². The number of carbonyl (C=O) groups excluding carboxylic acids is 1. The van der Waals surface area contributed by atoms with Crippen LogP contribution in [0.2, 0.25) is 5.02 Å². The van der Waals surface area contributed by atoms with Gasteiger partial charge in [0.05, 0.1) is 7.11 Å². The molecule has 0 spiro atoms. The monoisotopic (exact) mass is 468 g/mol. The first kappa shape index (κ1) is 23.6. The molecule has 3 rings (SSSR count). The maximum Gasteiger partial charge on any atom is 0.354 e. The molecular weight excluding hydrogens is 440 g/mol. The highest BCUT2D eigenvalue weighted by molar-refractivity contribution is 7.89. The van der Waals surface area contributed by atoms with Gasteiger partial charge >= 0.3 is 5.97 Å². The molecule has 0 aliphatic carbocycles. The molecule has 170 valence electrons. The fraction of sp³-hybridized carbons (Fsp3) is 0.476. The van der Waals surface area contributed by atoms with Gasteiger partial charge in [-0.15, -0.1) is 0 Å². The zero-order valence-electron chi connectivity index (χ0n) is 18.3. The van der Waals surface area contributed by atoms with Crippen LogP contribution in [0.4, 0.5) is 5.69 Å². The number of piperazine rings is 1. The van der Waals surface area contributed by atoms with Crippen LogP contribution < -0.4 is 9.62 Å². The van der Waals surface area contributed by atoms with E-state index in [4.69, 9.17) is 16.3 Å². The number of anilines is 1. The molecule has 2 aromatic rings. The van der Waals surface area contributed by atoms with Gasteiger partial charge in [-0.3, -0.25) is 4.90 Å². The van der Waals surface area contributed by atoms with E-state index in [2.05, 4.69) is 21.4 Å². The molecule has 1 N–H and O–H groups in total. The number of aromatic nitrogens is 1. The summed E-state index contributed by atoms with van der Waals surface area (Å²) in [5.74, 6) is -0.570. The van der Waals surface area contributed by atoms with Crippen molar-refractivity contribution in [3.05, 3.63) is 46.2 Å². The number of nitrogens with one attached hydrogen (secondary N) is 1. The lowest BCUT2D eigenvalue weighted by Gasteiger charge is -2.36. The molecule has 1 aromatic heterocycles. The van der Waals surface area contributed by atoms with Gasteiger partial charge in [0.15, 0.2) is 0 Å². The maximum absolute atomic E-state index is 12.8. The highest BCUT2D eigenvalue weighted by atomic mass is 35.5. The second-order valence-electron chi connectivity index (χ2n) is 7.69. The second-order valence-corrected chi connectivity index (χ2v) is 9.86. The summed E-state index contributed by atoms with van der Waals surface area (Å²) >= 11 is 6.14. The minimum absolute atomic E-state index is 0.0941. The van der Waals surface area contributed by atoms with Crippen LogP contribution in [-0.2, 0) is 21.8 Å². The van der Waals surface area contributed by atoms with Crippen molar-refractivity contribution < 1.29 is 17.9 Å². The molecule has 1 aliphatic rings. The molecule has 0 atom stereocenters. The number of ether oxygens (including phenoxy) is 1. The molecule has 1 aliphatic heterocycles. The van der Waals surface area contributed by atoms with Crippen LogP contribution >= 0.6 is 11.6 Å².